The quantitative estimate of drug-likeness (QED) is 0.651. The van der Waals surface area contributed by atoms with Gasteiger partial charge in [0.2, 0.25) is 0 Å². The van der Waals surface area contributed by atoms with E-state index in [1.54, 1.807) is 6.92 Å². The molecule has 2 N–H and O–H groups in total. The molecule has 94 valence electrons. The molecule has 0 heterocycles. The second kappa shape index (κ2) is 2.93. The largest absolute Gasteiger partial charge is 0.492 e. The van der Waals surface area contributed by atoms with Gasteiger partial charge in [0, 0.05) is 0 Å². The van der Waals surface area contributed by atoms with Crippen LogP contribution in [0.1, 0.15) is 6.92 Å². The molecule has 0 aromatic heterocycles. The van der Waals surface area contributed by atoms with Gasteiger partial charge in [-0.2, -0.15) is 0 Å². The van der Waals surface area contributed by atoms with E-state index in [-0.39, 0.29) is 24.5 Å². The summed E-state index contributed by atoms with van der Waals surface area (Å²) in [4.78, 5) is -2.01. The maximum absolute atomic E-state index is 12.3. The van der Waals surface area contributed by atoms with E-state index in [2.05, 4.69) is 0 Å². The number of rotatable bonds is 3. The zero-order valence-electron chi connectivity index (χ0n) is 8.22. The average molecular weight is 263 g/mol. The first-order valence-corrected chi connectivity index (χ1v) is 6.15. The Hall–Kier alpha value is -1.18. The molecule has 0 fully saturated rings. The maximum atomic E-state index is 12.3. The summed E-state index contributed by atoms with van der Waals surface area (Å²) in [6, 6.07) is 1.24. The molecule has 1 rings (SSSR count). The first-order chi connectivity index (χ1) is 6.94. The Balaban J connectivity index is 3.28. The summed E-state index contributed by atoms with van der Waals surface area (Å²) < 4.78 is 66.6. The highest BCUT2D eigenvalue weighted by atomic mass is 32.5. The number of halogens is 5. The van der Waals surface area contributed by atoms with Crippen molar-refractivity contribution in [2.45, 2.75) is 11.8 Å². The van der Waals surface area contributed by atoms with Crippen molar-refractivity contribution < 1.29 is 24.2 Å². The van der Waals surface area contributed by atoms with Gasteiger partial charge in [-0.3, -0.25) is 0 Å². The first kappa shape index (κ1) is 12.9. The highest BCUT2D eigenvalue weighted by Gasteiger charge is 2.65. The number of anilines is 1. The van der Waals surface area contributed by atoms with Crippen molar-refractivity contribution in [3.8, 4) is 5.75 Å². The van der Waals surface area contributed by atoms with Crippen molar-refractivity contribution in [1.29, 1.82) is 0 Å². The fourth-order valence-corrected chi connectivity index (χ4v) is 1.73. The van der Waals surface area contributed by atoms with Crippen molar-refractivity contribution in [3.05, 3.63) is 18.2 Å². The minimum absolute atomic E-state index is 0.0481. The lowest BCUT2D eigenvalue weighted by atomic mass is 10.3. The van der Waals surface area contributed by atoms with E-state index in [1.165, 1.54) is 0 Å². The van der Waals surface area contributed by atoms with Gasteiger partial charge in [-0.05, 0) is 25.1 Å². The summed E-state index contributed by atoms with van der Waals surface area (Å²) in [6.45, 7) is 1.78. The van der Waals surface area contributed by atoms with Crippen molar-refractivity contribution in [2.75, 3.05) is 12.3 Å². The molecular weight excluding hydrogens is 253 g/mol. The van der Waals surface area contributed by atoms with Crippen LogP contribution in [0.2, 0.25) is 0 Å². The molecule has 0 amide bonds. The second-order valence-electron chi connectivity index (χ2n) is 3.10. The lowest BCUT2D eigenvalue weighted by Crippen LogP contribution is -2.07. The Morgan fingerprint density at radius 2 is 1.75 bits per heavy atom. The minimum Gasteiger partial charge on any atom is -0.492 e. The molecule has 0 aliphatic rings. The molecule has 2 nitrogen and oxygen atoms in total. The minimum atomic E-state index is -9.65. The SMILES string of the molecule is CCOc1ccc(S(F)(F)(F)(F)F)cc1N. The number of ether oxygens (including phenoxy) is 1. The predicted octanol–water partition coefficient (Wildman–Crippen LogP) is 4.32. The topological polar surface area (TPSA) is 35.2 Å². The number of hydrogen-bond acceptors (Lipinski definition) is 2. The monoisotopic (exact) mass is 263 g/mol. The zero-order chi connectivity index (χ0) is 12.7. The van der Waals surface area contributed by atoms with Gasteiger partial charge >= 0.3 is 10.2 Å². The molecule has 0 radical (unpaired) electrons. The number of nitrogen functional groups attached to an aromatic ring is 1. The van der Waals surface area contributed by atoms with Crippen LogP contribution in [0.5, 0.6) is 5.75 Å². The van der Waals surface area contributed by atoms with Crippen LogP contribution in [0.4, 0.5) is 25.1 Å². The maximum Gasteiger partial charge on any atom is 0.310 e. The van der Waals surface area contributed by atoms with E-state index in [0.717, 1.165) is 6.07 Å². The Kier molecular flexibility index (Phi) is 2.36. The molecular formula is C8H10F5NOS. The van der Waals surface area contributed by atoms with Crippen molar-refractivity contribution in [1.82, 2.24) is 0 Å². The smallest absolute Gasteiger partial charge is 0.310 e. The van der Waals surface area contributed by atoms with Crippen molar-refractivity contribution in [2.24, 2.45) is 0 Å². The molecule has 0 saturated carbocycles. The first-order valence-electron chi connectivity index (χ1n) is 4.20. The van der Waals surface area contributed by atoms with E-state index < -0.39 is 20.8 Å². The van der Waals surface area contributed by atoms with Crippen LogP contribution >= 0.6 is 10.2 Å². The van der Waals surface area contributed by atoms with Crippen LogP contribution in [0, 0.1) is 0 Å². The molecule has 0 atom stereocenters. The summed E-state index contributed by atoms with van der Waals surface area (Å²) in [5.41, 5.74) is 4.72. The van der Waals surface area contributed by atoms with Gasteiger partial charge in [0.25, 0.3) is 0 Å². The van der Waals surface area contributed by atoms with Crippen LogP contribution in [-0.2, 0) is 0 Å². The molecule has 0 aliphatic heterocycles. The third kappa shape index (κ3) is 2.91. The number of benzene rings is 1. The number of nitrogens with two attached hydrogens (primary N) is 1. The van der Waals surface area contributed by atoms with Gasteiger partial charge in [0.15, 0.2) is 0 Å². The van der Waals surface area contributed by atoms with E-state index in [9.17, 15) is 19.4 Å². The van der Waals surface area contributed by atoms with Crippen LogP contribution in [0.15, 0.2) is 23.1 Å². The van der Waals surface area contributed by atoms with Gasteiger partial charge in [-0.25, -0.2) is 0 Å². The molecule has 0 spiro atoms. The fourth-order valence-electron chi connectivity index (χ4n) is 1.05. The molecule has 0 aliphatic carbocycles. The lowest BCUT2D eigenvalue weighted by molar-refractivity contribution is 0.341. The van der Waals surface area contributed by atoms with Crippen molar-refractivity contribution in [3.63, 3.8) is 0 Å². The standard InChI is InChI=1S/C8H10F5NOS/c1-2-15-8-4-3-6(5-7(8)14)16(9,10,11,12)13/h3-5H,2,14H2,1H3. The predicted molar refractivity (Wildman–Crippen MR) is 53.4 cm³/mol. The highest BCUT2D eigenvalue weighted by Crippen LogP contribution is 3.02. The van der Waals surface area contributed by atoms with Gasteiger partial charge in [0.05, 0.1) is 12.3 Å². The third-order valence-electron chi connectivity index (χ3n) is 1.73. The molecule has 0 unspecified atom stereocenters. The van der Waals surface area contributed by atoms with Gasteiger partial charge in [-0.15, -0.1) is 0 Å². The molecule has 16 heavy (non-hydrogen) atoms. The second-order valence-corrected chi connectivity index (χ2v) is 5.51. The fraction of sp³-hybridized carbons (Fsp3) is 0.250. The van der Waals surface area contributed by atoms with Gasteiger partial charge in [-0.1, -0.05) is 19.4 Å². The van der Waals surface area contributed by atoms with Crippen LogP contribution in [0.25, 0.3) is 0 Å². The lowest BCUT2D eigenvalue weighted by Gasteiger charge is -2.40. The zero-order valence-corrected chi connectivity index (χ0v) is 9.04. The number of hydrogen-bond donors (Lipinski definition) is 1. The molecule has 8 heteroatoms. The Labute approximate surface area is 88.9 Å². The van der Waals surface area contributed by atoms with Crippen LogP contribution in [0.3, 0.4) is 0 Å². The van der Waals surface area contributed by atoms with Gasteiger partial charge < -0.3 is 10.5 Å². The van der Waals surface area contributed by atoms with E-state index in [0.29, 0.717) is 0 Å². The normalized spacial score (nSPS) is 16.4. The van der Waals surface area contributed by atoms with Gasteiger partial charge in [0.1, 0.15) is 10.6 Å². The van der Waals surface area contributed by atoms with E-state index >= 15 is 0 Å². The summed E-state index contributed by atoms with van der Waals surface area (Å²) in [7, 11) is -9.65. The summed E-state index contributed by atoms with van der Waals surface area (Å²) >= 11 is 0. The summed E-state index contributed by atoms with van der Waals surface area (Å²) in [6.07, 6.45) is 0. The highest BCUT2D eigenvalue weighted by molar-refractivity contribution is 8.45. The Morgan fingerprint density at radius 3 is 2.12 bits per heavy atom. The van der Waals surface area contributed by atoms with E-state index in [1.807, 2.05) is 0 Å². The van der Waals surface area contributed by atoms with Crippen LogP contribution in [-0.4, -0.2) is 6.61 Å². The summed E-state index contributed by atoms with van der Waals surface area (Å²) in [5.74, 6) is -0.0481. The average Bonchev–Trinajstić information content (AvgIpc) is 2.04. The summed E-state index contributed by atoms with van der Waals surface area (Å²) in [5, 5.41) is 0. The third-order valence-corrected chi connectivity index (χ3v) is 2.87. The molecule has 1 aromatic carbocycles. The Morgan fingerprint density at radius 1 is 1.19 bits per heavy atom. The molecule has 1 aromatic rings. The van der Waals surface area contributed by atoms with Crippen LogP contribution < -0.4 is 10.5 Å². The van der Waals surface area contributed by atoms with E-state index in [4.69, 9.17) is 10.5 Å². The molecule has 0 bridgehead atoms. The van der Waals surface area contributed by atoms with Crippen molar-refractivity contribution >= 4 is 15.9 Å². The Bertz CT molecular complexity index is 415. The molecule has 0 saturated heterocycles.